The molecule has 0 bridgehead atoms. The molecule has 2 aliphatic rings. The summed E-state index contributed by atoms with van der Waals surface area (Å²) >= 11 is 1.48. The first-order valence-corrected chi connectivity index (χ1v) is 5.98. The van der Waals surface area contributed by atoms with Crippen molar-refractivity contribution in [2.75, 3.05) is 7.05 Å². The van der Waals surface area contributed by atoms with Crippen molar-refractivity contribution in [2.24, 2.45) is 20.2 Å². The Morgan fingerprint density at radius 1 is 1.39 bits per heavy atom. The Morgan fingerprint density at radius 3 is 2.94 bits per heavy atom. The van der Waals surface area contributed by atoms with Gasteiger partial charge in [0.25, 0.3) is 5.91 Å². The number of nitrogens with zero attached hydrogens (tertiary/aromatic N) is 5. The van der Waals surface area contributed by atoms with Crippen LogP contribution in [0.1, 0.15) is 11.0 Å². The summed E-state index contributed by atoms with van der Waals surface area (Å²) in [5.41, 5.74) is 0.0884. The Morgan fingerprint density at radius 2 is 2.22 bits per heavy atom. The van der Waals surface area contributed by atoms with Gasteiger partial charge < -0.3 is 0 Å². The van der Waals surface area contributed by atoms with E-state index in [0.29, 0.717) is 0 Å². The van der Waals surface area contributed by atoms with Crippen molar-refractivity contribution in [2.45, 2.75) is 6.17 Å². The predicted octanol–water partition coefficient (Wildman–Crippen LogP) is 1.64. The van der Waals surface area contributed by atoms with Crippen LogP contribution in [0.3, 0.4) is 0 Å². The van der Waals surface area contributed by atoms with Crippen LogP contribution >= 0.6 is 11.3 Å². The number of carbonyl (C=O) groups excluding carboxylic acids is 2. The first kappa shape index (κ1) is 10.9. The Kier molecular flexibility index (Phi) is 2.37. The van der Waals surface area contributed by atoms with Gasteiger partial charge in [-0.05, 0) is 11.4 Å². The third-order valence-corrected chi connectivity index (χ3v) is 3.43. The molecule has 0 fully saturated rings. The molecule has 18 heavy (non-hydrogen) atoms. The molecule has 0 saturated carbocycles. The largest absolute Gasteiger partial charge is 0.352 e. The van der Waals surface area contributed by atoms with Crippen molar-refractivity contribution < 1.29 is 9.59 Å². The number of urea groups is 1. The molecule has 7 nitrogen and oxygen atoms in total. The first-order valence-electron chi connectivity index (χ1n) is 5.10. The minimum Gasteiger partial charge on any atom is -0.267 e. The number of azo groups is 1. The maximum Gasteiger partial charge on any atom is 0.352 e. The van der Waals surface area contributed by atoms with E-state index in [-0.39, 0.29) is 11.5 Å². The van der Waals surface area contributed by atoms with Crippen LogP contribution in [0.2, 0.25) is 0 Å². The van der Waals surface area contributed by atoms with Gasteiger partial charge in [0.2, 0.25) is 5.84 Å². The van der Waals surface area contributed by atoms with Crippen LogP contribution in [-0.4, -0.2) is 35.4 Å². The van der Waals surface area contributed by atoms with Gasteiger partial charge in [0, 0.05) is 7.05 Å². The number of hydrogen-bond donors (Lipinski definition) is 0. The second kappa shape index (κ2) is 3.91. The van der Waals surface area contributed by atoms with Gasteiger partial charge in [-0.25, -0.2) is 9.79 Å². The molecule has 3 amide bonds. The second-order valence-electron chi connectivity index (χ2n) is 3.66. The fourth-order valence-corrected chi connectivity index (χ4v) is 2.25. The molecule has 0 aliphatic carbocycles. The van der Waals surface area contributed by atoms with Gasteiger partial charge in [0.15, 0.2) is 11.9 Å². The molecule has 0 aromatic carbocycles. The van der Waals surface area contributed by atoms with Crippen LogP contribution in [0, 0.1) is 0 Å². The Bertz CT molecular complexity index is 616. The smallest absolute Gasteiger partial charge is 0.267 e. The van der Waals surface area contributed by atoms with E-state index in [4.69, 9.17) is 0 Å². The monoisotopic (exact) mass is 261 g/mol. The van der Waals surface area contributed by atoms with Gasteiger partial charge in [0.1, 0.15) is 0 Å². The van der Waals surface area contributed by atoms with Crippen LogP contribution < -0.4 is 0 Å². The number of fused-ring (bicyclic) bond motifs is 1. The van der Waals surface area contributed by atoms with Crippen molar-refractivity contribution in [3.05, 3.63) is 22.4 Å². The normalized spacial score (nSPS) is 22.7. The van der Waals surface area contributed by atoms with Gasteiger partial charge in [-0.1, -0.05) is 6.07 Å². The second-order valence-corrected chi connectivity index (χ2v) is 4.64. The molecule has 2 aliphatic heterocycles. The number of hydrogen-bond acceptors (Lipinski definition) is 6. The minimum absolute atomic E-state index is 0.00379. The van der Waals surface area contributed by atoms with Crippen LogP contribution in [0.5, 0.6) is 0 Å². The summed E-state index contributed by atoms with van der Waals surface area (Å²) in [5.74, 6) is -0.499. The summed E-state index contributed by atoms with van der Waals surface area (Å²) in [5, 5.41) is 9.65. The van der Waals surface area contributed by atoms with E-state index in [1.54, 1.807) is 0 Å². The van der Waals surface area contributed by atoms with Crippen molar-refractivity contribution in [1.29, 1.82) is 0 Å². The Balaban J connectivity index is 2.03. The summed E-state index contributed by atoms with van der Waals surface area (Å²) in [4.78, 5) is 32.9. The highest BCUT2D eigenvalue weighted by molar-refractivity contribution is 7.10. The molecule has 90 valence electrons. The highest BCUT2D eigenvalue weighted by atomic mass is 32.1. The summed E-state index contributed by atoms with van der Waals surface area (Å²) in [6.07, 6.45) is -0.524. The number of rotatable bonds is 1. The highest BCUT2D eigenvalue weighted by Crippen LogP contribution is 2.27. The number of amidine groups is 1. The summed E-state index contributed by atoms with van der Waals surface area (Å²) in [6, 6.07) is 3.09. The SMILES string of the molecule is CN1C(=O)N=C2N=NC(c3cccs3)N=C2C1=O. The lowest BCUT2D eigenvalue weighted by molar-refractivity contribution is -0.120. The number of amides is 3. The van der Waals surface area contributed by atoms with Crippen LogP contribution in [0.15, 0.2) is 37.7 Å². The summed E-state index contributed by atoms with van der Waals surface area (Å²) < 4.78 is 0. The average Bonchev–Trinajstić information content (AvgIpc) is 2.90. The van der Waals surface area contributed by atoms with Gasteiger partial charge in [0.05, 0.1) is 4.88 Å². The first-order chi connectivity index (χ1) is 8.66. The van der Waals surface area contributed by atoms with Crippen molar-refractivity contribution >= 4 is 34.8 Å². The molecular weight excluding hydrogens is 254 g/mol. The topological polar surface area (TPSA) is 86.8 Å². The standard InChI is InChI=1S/C10H7N5O2S/c1-15-9(16)6-8(12-10(15)17)14-13-7(11-6)5-3-2-4-18-5/h2-4,7H,1H3. The van der Waals surface area contributed by atoms with E-state index >= 15 is 0 Å². The number of imide groups is 1. The number of carbonyl (C=O) groups is 2. The lowest BCUT2D eigenvalue weighted by Crippen LogP contribution is -2.45. The fourth-order valence-electron chi connectivity index (χ4n) is 1.56. The Labute approximate surface area is 106 Å². The molecule has 1 aromatic heterocycles. The third-order valence-electron chi connectivity index (χ3n) is 2.52. The molecule has 8 heteroatoms. The van der Waals surface area contributed by atoms with E-state index in [1.165, 1.54) is 18.4 Å². The molecule has 0 radical (unpaired) electrons. The summed E-state index contributed by atoms with van der Waals surface area (Å²) in [7, 11) is 1.36. The molecule has 1 unspecified atom stereocenters. The van der Waals surface area contributed by atoms with E-state index in [2.05, 4.69) is 20.2 Å². The van der Waals surface area contributed by atoms with Gasteiger partial charge in [-0.2, -0.15) is 10.1 Å². The molecule has 0 N–H and O–H groups in total. The van der Waals surface area contributed by atoms with Gasteiger partial charge in [-0.3, -0.25) is 9.69 Å². The van der Waals surface area contributed by atoms with Crippen molar-refractivity contribution in [1.82, 2.24) is 4.90 Å². The Hall–Kier alpha value is -2.22. The zero-order chi connectivity index (χ0) is 12.7. The maximum absolute atomic E-state index is 11.9. The molecule has 3 heterocycles. The minimum atomic E-state index is -0.650. The predicted molar refractivity (Wildman–Crippen MR) is 65.0 cm³/mol. The van der Waals surface area contributed by atoms with Gasteiger partial charge in [-0.15, -0.1) is 16.5 Å². The maximum atomic E-state index is 11.9. The molecule has 0 spiro atoms. The number of thiophene rings is 1. The lowest BCUT2D eigenvalue weighted by atomic mass is 10.2. The quantitative estimate of drug-likeness (QED) is 0.769. The molecule has 0 saturated heterocycles. The van der Waals surface area contributed by atoms with Crippen molar-refractivity contribution in [3.8, 4) is 0 Å². The van der Waals surface area contributed by atoms with Crippen LogP contribution in [-0.2, 0) is 4.79 Å². The van der Waals surface area contributed by atoms with Crippen molar-refractivity contribution in [3.63, 3.8) is 0 Å². The third kappa shape index (κ3) is 1.58. The number of aliphatic imine (C=N–C) groups is 2. The molecular formula is C10H7N5O2S. The van der Waals surface area contributed by atoms with Crippen LogP contribution in [0.4, 0.5) is 4.79 Å². The fraction of sp³-hybridized carbons (Fsp3) is 0.200. The molecule has 1 atom stereocenters. The lowest BCUT2D eigenvalue weighted by Gasteiger charge is -2.21. The van der Waals surface area contributed by atoms with Crippen LogP contribution in [0.25, 0.3) is 0 Å². The van der Waals surface area contributed by atoms with E-state index in [9.17, 15) is 9.59 Å². The van der Waals surface area contributed by atoms with E-state index in [1.807, 2.05) is 17.5 Å². The average molecular weight is 261 g/mol. The highest BCUT2D eigenvalue weighted by Gasteiger charge is 2.35. The zero-order valence-corrected chi connectivity index (χ0v) is 10.1. The molecule has 1 aromatic rings. The van der Waals surface area contributed by atoms with E-state index in [0.717, 1.165) is 9.78 Å². The van der Waals surface area contributed by atoms with E-state index < -0.39 is 18.1 Å². The molecule has 3 rings (SSSR count). The summed E-state index contributed by atoms with van der Waals surface area (Å²) in [6.45, 7) is 0. The van der Waals surface area contributed by atoms with Gasteiger partial charge >= 0.3 is 6.03 Å². The zero-order valence-electron chi connectivity index (χ0n) is 9.27.